The smallest absolute Gasteiger partial charge is 0.0840 e. The van der Waals surface area contributed by atoms with E-state index in [9.17, 15) is 0 Å². The largest absolute Gasteiger partial charge is 0.301 e. The van der Waals surface area contributed by atoms with Gasteiger partial charge in [0.25, 0.3) is 0 Å². The predicted octanol–water partition coefficient (Wildman–Crippen LogP) is 1.96. The highest BCUT2D eigenvalue weighted by Crippen LogP contribution is 2.15. The van der Waals surface area contributed by atoms with Crippen molar-refractivity contribution >= 4 is 0 Å². The molecular weight excluding hydrogens is 196 g/mol. The molecule has 0 aromatic carbocycles. The standard InChI is InChI=1S/C14H24N2/c1-2-14(16-11-7-4-8-12-16)13-15-9-5-3-6-10-15/h1,14H,3-13H2. The van der Waals surface area contributed by atoms with Crippen LogP contribution in [0.5, 0.6) is 0 Å². The molecule has 1 atom stereocenters. The number of nitrogens with zero attached hydrogens (tertiary/aromatic N) is 2. The third-order valence-electron chi connectivity index (χ3n) is 3.90. The third-order valence-corrected chi connectivity index (χ3v) is 3.90. The summed E-state index contributed by atoms with van der Waals surface area (Å²) in [6, 6.07) is 0.360. The molecule has 90 valence electrons. The third kappa shape index (κ3) is 3.23. The van der Waals surface area contributed by atoms with Crippen LogP contribution in [0, 0.1) is 12.3 Å². The normalized spacial score (nSPS) is 26.2. The first kappa shape index (κ1) is 12.0. The molecular formula is C14H24N2. The summed E-state index contributed by atoms with van der Waals surface area (Å²) in [6.07, 6.45) is 13.9. The maximum absolute atomic E-state index is 5.70. The fourth-order valence-electron chi connectivity index (χ4n) is 2.89. The van der Waals surface area contributed by atoms with Crippen LogP contribution in [0.4, 0.5) is 0 Å². The average molecular weight is 220 g/mol. The molecule has 0 aromatic heterocycles. The first-order valence-corrected chi connectivity index (χ1v) is 6.82. The van der Waals surface area contributed by atoms with E-state index >= 15 is 0 Å². The summed E-state index contributed by atoms with van der Waals surface area (Å²) < 4.78 is 0. The monoisotopic (exact) mass is 220 g/mol. The number of likely N-dealkylation sites (tertiary alicyclic amines) is 2. The van der Waals surface area contributed by atoms with E-state index in [1.54, 1.807) is 0 Å². The molecule has 0 aromatic rings. The van der Waals surface area contributed by atoms with Gasteiger partial charge in [-0.3, -0.25) is 4.90 Å². The lowest BCUT2D eigenvalue weighted by Crippen LogP contribution is -2.46. The topological polar surface area (TPSA) is 6.48 Å². The number of hydrogen-bond acceptors (Lipinski definition) is 2. The van der Waals surface area contributed by atoms with Gasteiger partial charge in [-0.25, -0.2) is 0 Å². The van der Waals surface area contributed by atoms with Crippen LogP contribution in [0.2, 0.25) is 0 Å². The van der Waals surface area contributed by atoms with E-state index in [2.05, 4.69) is 15.7 Å². The Labute approximate surface area is 100.0 Å². The van der Waals surface area contributed by atoms with Gasteiger partial charge in [0.15, 0.2) is 0 Å². The van der Waals surface area contributed by atoms with Crippen molar-refractivity contribution in [2.45, 2.75) is 44.6 Å². The highest BCUT2D eigenvalue weighted by atomic mass is 15.2. The van der Waals surface area contributed by atoms with Crippen LogP contribution in [0.15, 0.2) is 0 Å². The summed E-state index contributed by atoms with van der Waals surface area (Å²) in [5.41, 5.74) is 0. The summed E-state index contributed by atoms with van der Waals surface area (Å²) in [6.45, 7) is 6.03. The highest BCUT2D eigenvalue weighted by molar-refractivity contribution is 5.02. The van der Waals surface area contributed by atoms with Gasteiger partial charge in [0, 0.05) is 6.54 Å². The fraction of sp³-hybridized carbons (Fsp3) is 0.857. The molecule has 2 aliphatic heterocycles. The van der Waals surface area contributed by atoms with E-state index in [1.165, 1.54) is 64.7 Å². The minimum Gasteiger partial charge on any atom is -0.301 e. The molecule has 2 heteroatoms. The first-order chi connectivity index (χ1) is 7.90. The summed E-state index contributed by atoms with van der Waals surface area (Å²) in [4.78, 5) is 5.07. The molecule has 16 heavy (non-hydrogen) atoms. The second-order valence-electron chi connectivity index (χ2n) is 5.14. The molecule has 0 radical (unpaired) electrons. The minimum absolute atomic E-state index is 0.360. The second-order valence-corrected chi connectivity index (χ2v) is 5.14. The highest BCUT2D eigenvalue weighted by Gasteiger charge is 2.21. The Morgan fingerprint density at radius 2 is 1.44 bits per heavy atom. The second kappa shape index (κ2) is 6.27. The molecule has 2 rings (SSSR count). The van der Waals surface area contributed by atoms with Crippen molar-refractivity contribution in [3.63, 3.8) is 0 Å². The van der Waals surface area contributed by atoms with Gasteiger partial charge in [0.05, 0.1) is 6.04 Å². The zero-order chi connectivity index (χ0) is 11.2. The maximum atomic E-state index is 5.70. The van der Waals surface area contributed by atoms with Crippen LogP contribution in [-0.2, 0) is 0 Å². The molecule has 2 nitrogen and oxygen atoms in total. The Morgan fingerprint density at radius 1 is 0.875 bits per heavy atom. The minimum atomic E-state index is 0.360. The molecule has 2 saturated heterocycles. The Balaban J connectivity index is 1.81. The molecule has 2 aliphatic rings. The molecule has 0 aliphatic carbocycles. The van der Waals surface area contributed by atoms with Gasteiger partial charge in [-0.1, -0.05) is 18.8 Å². The van der Waals surface area contributed by atoms with Crippen LogP contribution < -0.4 is 0 Å². The van der Waals surface area contributed by atoms with Gasteiger partial charge in [-0.2, -0.15) is 0 Å². The van der Waals surface area contributed by atoms with Crippen LogP contribution in [-0.4, -0.2) is 48.6 Å². The molecule has 1 unspecified atom stereocenters. The van der Waals surface area contributed by atoms with Gasteiger partial charge in [0.2, 0.25) is 0 Å². The van der Waals surface area contributed by atoms with Crippen molar-refractivity contribution in [3.8, 4) is 12.3 Å². The summed E-state index contributed by atoms with van der Waals surface area (Å²) in [5.74, 6) is 3.00. The molecule has 0 bridgehead atoms. The van der Waals surface area contributed by atoms with Crippen molar-refractivity contribution in [1.29, 1.82) is 0 Å². The lowest BCUT2D eigenvalue weighted by molar-refractivity contribution is 0.136. The molecule has 0 N–H and O–H groups in total. The molecule has 2 heterocycles. The Kier molecular flexibility index (Phi) is 4.69. The van der Waals surface area contributed by atoms with Gasteiger partial charge < -0.3 is 4.90 Å². The van der Waals surface area contributed by atoms with Crippen molar-refractivity contribution in [2.75, 3.05) is 32.7 Å². The van der Waals surface area contributed by atoms with Crippen molar-refractivity contribution in [3.05, 3.63) is 0 Å². The van der Waals surface area contributed by atoms with Gasteiger partial charge in [0.1, 0.15) is 0 Å². The summed E-state index contributed by atoms with van der Waals surface area (Å²) in [7, 11) is 0. The molecule has 0 saturated carbocycles. The Morgan fingerprint density at radius 3 is 2.00 bits per heavy atom. The first-order valence-electron chi connectivity index (χ1n) is 6.82. The zero-order valence-electron chi connectivity index (χ0n) is 10.3. The van der Waals surface area contributed by atoms with E-state index in [1.807, 2.05) is 0 Å². The van der Waals surface area contributed by atoms with Crippen molar-refractivity contribution in [2.24, 2.45) is 0 Å². The fourth-order valence-corrected chi connectivity index (χ4v) is 2.89. The van der Waals surface area contributed by atoms with Crippen LogP contribution in [0.3, 0.4) is 0 Å². The predicted molar refractivity (Wildman–Crippen MR) is 68.3 cm³/mol. The van der Waals surface area contributed by atoms with E-state index in [0.717, 1.165) is 6.54 Å². The summed E-state index contributed by atoms with van der Waals surface area (Å²) in [5, 5.41) is 0. The number of piperidine rings is 2. The molecule has 0 spiro atoms. The van der Waals surface area contributed by atoms with Crippen LogP contribution in [0.1, 0.15) is 38.5 Å². The van der Waals surface area contributed by atoms with Gasteiger partial charge in [-0.05, 0) is 51.9 Å². The molecule has 0 amide bonds. The molecule has 2 fully saturated rings. The maximum Gasteiger partial charge on any atom is 0.0840 e. The number of hydrogen-bond donors (Lipinski definition) is 0. The van der Waals surface area contributed by atoms with Gasteiger partial charge >= 0.3 is 0 Å². The number of terminal acetylenes is 1. The number of rotatable bonds is 3. The zero-order valence-corrected chi connectivity index (χ0v) is 10.3. The quantitative estimate of drug-likeness (QED) is 0.671. The summed E-state index contributed by atoms with van der Waals surface area (Å²) >= 11 is 0. The lowest BCUT2D eigenvalue weighted by atomic mass is 10.1. The average Bonchev–Trinajstić information content (AvgIpc) is 2.38. The van der Waals surface area contributed by atoms with Crippen LogP contribution >= 0.6 is 0 Å². The van der Waals surface area contributed by atoms with Crippen molar-refractivity contribution < 1.29 is 0 Å². The van der Waals surface area contributed by atoms with Gasteiger partial charge in [-0.15, -0.1) is 6.42 Å². The van der Waals surface area contributed by atoms with E-state index in [-0.39, 0.29) is 0 Å². The van der Waals surface area contributed by atoms with E-state index < -0.39 is 0 Å². The van der Waals surface area contributed by atoms with E-state index in [0.29, 0.717) is 6.04 Å². The SMILES string of the molecule is C#CC(CN1CCCCC1)N1CCCCC1. The van der Waals surface area contributed by atoms with E-state index in [4.69, 9.17) is 6.42 Å². The Hall–Kier alpha value is -0.520. The lowest BCUT2D eigenvalue weighted by Gasteiger charge is -2.36. The Bertz CT molecular complexity index is 232. The van der Waals surface area contributed by atoms with Crippen molar-refractivity contribution in [1.82, 2.24) is 9.80 Å². The van der Waals surface area contributed by atoms with Crippen LogP contribution in [0.25, 0.3) is 0 Å².